The van der Waals surface area contributed by atoms with Gasteiger partial charge in [-0.15, -0.1) is 0 Å². The third-order valence-electron chi connectivity index (χ3n) is 10.7. The van der Waals surface area contributed by atoms with Gasteiger partial charge in [0.2, 0.25) is 0 Å². The third kappa shape index (κ3) is 4.03. The average molecular weight is 656 g/mol. The third-order valence-corrected chi connectivity index (χ3v) is 10.7. The summed E-state index contributed by atoms with van der Waals surface area (Å²) in [7, 11) is 2.11. The highest BCUT2D eigenvalue weighted by Crippen LogP contribution is 2.43. The second-order valence-electron chi connectivity index (χ2n) is 13.6. The Balaban J connectivity index is 1.25. The van der Waals surface area contributed by atoms with E-state index in [0.29, 0.717) is 0 Å². The lowest BCUT2D eigenvalue weighted by Crippen LogP contribution is -2.21. The van der Waals surface area contributed by atoms with E-state index in [1.165, 1.54) is 71.1 Å². The van der Waals surface area contributed by atoms with E-state index in [-0.39, 0.29) is 0 Å². The van der Waals surface area contributed by atoms with Crippen LogP contribution >= 0.6 is 0 Å². The second-order valence-corrected chi connectivity index (χ2v) is 13.6. The highest BCUT2D eigenvalue weighted by molar-refractivity contribution is 6.26. The van der Waals surface area contributed by atoms with Crippen molar-refractivity contribution < 1.29 is 0 Å². The number of anilines is 1. The van der Waals surface area contributed by atoms with Gasteiger partial charge in [0, 0.05) is 74.5 Å². The van der Waals surface area contributed by atoms with Gasteiger partial charge in [-0.25, -0.2) is 0 Å². The van der Waals surface area contributed by atoms with Crippen LogP contribution in [0.2, 0.25) is 0 Å². The van der Waals surface area contributed by atoms with Crippen molar-refractivity contribution in [3.8, 4) is 17.1 Å². The maximum atomic E-state index is 2.49. The molecule has 0 saturated heterocycles. The van der Waals surface area contributed by atoms with Crippen molar-refractivity contribution in [2.24, 2.45) is 0 Å². The van der Waals surface area contributed by atoms with Gasteiger partial charge >= 0.3 is 0 Å². The number of hydrogen-bond acceptors (Lipinski definition) is 2. The van der Waals surface area contributed by atoms with Crippen molar-refractivity contribution in [3.63, 3.8) is 0 Å². The molecule has 0 amide bonds. The van der Waals surface area contributed by atoms with Crippen LogP contribution < -0.4 is 4.90 Å². The number of para-hydroxylation sites is 4. The van der Waals surface area contributed by atoms with E-state index in [0.717, 1.165) is 23.7 Å². The molecule has 242 valence electrons. The predicted octanol–water partition coefficient (Wildman–Crippen LogP) is 11.2. The molecule has 0 bridgehead atoms. The van der Waals surface area contributed by atoms with E-state index in [1.54, 1.807) is 0 Å². The number of rotatable bonds is 4. The van der Waals surface area contributed by atoms with Gasteiger partial charge in [0.25, 0.3) is 0 Å². The maximum absolute atomic E-state index is 2.49. The van der Waals surface area contributed by atoms with Crippen molar-refractivity contribution in [1.29, 1.82) is 0 Å². The molecule has 1 aliphatic heterocycles. The van der Waals surface area contributed by atoms with Crippen molar-refractivity contribution in [3.05, 3.63) is 170 Å². The highest BCUT2D eigenvalue weighted by atomic mass is 15.3. The maximum Gasteiger partial charge on any atom is 0.0938 e. The number of nitrogens with zero attached hydrogens (tertiary/aromatic N) is 5. The molecule has 0 spiro atoms. The Morgan fingerprint density at radius 3 is 1.63 bits per heavy atom. The number of benzene rings is 7. The summed E-state index contributed by atoms with van der Waals surface area (Å²) in [4.78, 5) is 4.50. The first-order chi connectivity index (χ1) is 25.2. The summed E-state index contributed by atoms with van der Waals surface area (Å²) in [5.74, 6) is 0. The molecule has 11 rings (SSSR count). The fourth-order valence-corrected chi connectivity index (χ4v) is 8.50. The fourth-order valence-electron chi connectivity index (χ4n) is 8.50. The summed E-state index contributed by atoms with van der Waals surface area (Å²) in [6.07, 6.45) is 4.29. The summed E-state index contributed by atoms with van der Waals surface area (Å²) in [6, 6.07) is 57.7. The summed E-state index contributed by atoms with van der Waals surface area (Å²) in [6.45, 7) is 0.837. The van der Waals surface area contributed by atoms with Crippen molar-refractivity contribution in [2.45, 2.75) is 0 Å². The summed E-state index contributed by atoms with van der Waals surface area (Å²) >= 11 is 0. The Bertz CT molecular complexity index is 3020. The van der Waals surface area contributed by atoms with Gasteiger partial charge in [0.05, 0.1) is 39.8 Å². The summed E-state index contributed by atoms with van der Waals surface area (Å²) < 4.78 is 7.34. The topological polar surface area (TPSA) is 21.3 Å². The summed E-state index contributed by atoms with van der Waals surface area (Å²) in [5.41, 5.74) is 11.9. The first-order valence-corrected chi connectivity index (χ1v) is 17.5. The Morgan fingerprint density at radius 1 is 0.373 bits per heavy atom. The average Bonchev–Trinajstić information content (AvgIpc) is 3.94. The Morgan fingerprint density at radius 2 is 0.902 bits per heavy atom. The molecular formula is C46H33N5. The van der Waals surface area contributed by atoms with Crippen LogP contribution in [0.4, 0.5) is 5.69 Å². The molecule has 0 unspecified atom stereocenters. The molecule has 0 N–H and O–H groups in total. The van der Waals surface area contributed by atoms with Gasteiger partial charge in [-0.3, -0.25) is 0 Å². The molecule has 3 aromatic heterocycles. The number of fused-ring (bicyclic) bond motifs is 10. The second kappa shape index (κ2) is 10.6. The minimum absolute atomic E-state index is 0.837. The highest BCUT2D eigenvalue weighted by Gasteiger charge is 2.22. The molecule has 0 saturated carbocycles. The summed E-state index contributed by atoms with van der Waals surface area (Å²) in [5, 5.41) is 7.51. The molecule has 5 heteroatoms. The number of hydrogen-bond donors (Lipinski definition) is 0. The van der Waals surface area contributed by atoms with Crippen LogP contribution in [0, 0.1) is 0 Å². The molecule has 0 aliphatic carbocycles. The van der Waals surface area contributed by atoms with Gasteiger partial charge in [-0.2, -0.15) is 0 Å². The SMILES string of the molecule is CN1C=CN(c2ccc3c4ccccc4n(-c4ccc5c6ccc7c(c8ccccc8n7-c7ccccc7)c6n(-c6ccccc6)c5c4)c3c2)C1. The normalized spacial score (nSPS) is 13.4. The zero-order chi connectivity index (χ0) is 33.6. The lowest BCUT2D eigenvalue weighted by Gasteiger charge is -2.19. The monoisotopic (exact) mass is 655 g/mol. The van der Waals surface area contributed by atoms with E-state index in [4.69, 9.17) is 0 Å². The quantitative estimate of drug-likeness (QED) is 0.188. The van der Waals surface area contributed by atoms with E-state index in [2.05, 4.69) is 201 Å². The standard InChI is InChI=1S/C46H33N5/c1-47-26-27-48(30-47)33-20-22-36-35-16-8-10-18-40(35)50(43(36)28-33)34-21-23-37-38-24-25-42-45(46(38)51(44(37)29-34)32-14-6-3-7-15-32)39-17-9-11-19-41(39)49(42)31-12-4-2-5-13-31/h2-29H,30H2,1H3. The molecular weight excluding hydrogens is 623 g/mol. The largest absolute Gasteiger partial charge is 0.361 e. The molecule has 1 aliphatic rings. The van der Waals surface area contributed by atoms with Crippen LogP contribution in [-0.2, 0) is 0 Å². The van der Waals surface area contributed by atoms with Gasteiger partial charge in [0.15, 0.2) is 0 Å². The van der Waals surface area contributed by atoms with Gasteiger partial charge in [-0.1, -0.05) is 91.0 Å². The minimum Gasteiger partial charge on any atom is -0.361 e. The zero-order valence-corrected chi connectivity index (χ0v) is 28.1. The lowest BCUT2D eigenvalue weighted by atomic mass is 10.1. The molecule has 0 radical (unpaired) electrons. The molecule has 0 atom stereocenters. The molecule has 0 fully saturated rings. The van der Waals surface area contributed by atoms with Crippen LogP contribution in [0.15, 0.2) is 170 Å². The zero-order valence-electron chi connectivity index (χ0n) is 28.1. The fraction of sp³-hybridized carbons (Fsp3) is 0.0435. The van der Waals surface area contributed by atoms with Crippen LogP contribution in [0.25, 0.3) is 82.5 Å². The van der Waals surface area contributed by atoms with Crippen LogP contribution in [0.5, 0.6) is 0 Å². The van der Waals surface area contributed by atoms with Gasteiger partial charge < -0.3 is 23.5 Å². The van der Waals surface area contributed by atoms with E-state index >= 15 is 0 Å². The Hall–Kier alpha value is -6.72. The van der Waals surface area contributed by atoms with E-state index in [9.17, 15) is 0 Å². The molecule has 51 heavy (non-hydrogen) atoms. The van der Waals surface area contributed by atoms with Gasteiger partial charge in [-0.05, 0) is 66.7 Å². The first-order valence-electron chi connectivity index (χ1n) is 17.5. The molecule has 4 heterocycles. The first kappa shape index (κ1) is 28.2. The Labute approximate surface area is 294 Å². The van der Waals surface area contributed by atoms with E-state index < -0.39 is 0 Å². The minimum atomic E-state index is 0.837. The van der Waals surface area contributed by atoms with Crippen LogP contribution in [-0.4, -0.2) is 32.3 Å². The van der Waals surface area contributed by atoms with Crippen LogP contribution in [0.1, 0.15) is 0 Å². The van der Waals surface area contributed by atoms with Crippen molar-refractivity contribution in [2.75, 3.05) is 18.6 Å². The lowest BCUT2D eigenvalue weighted by molar-refractivity contribution is 0.496. The predicted molar refractivity (Wildman–Crippen MR) is 214 cm³/mol. The molecule has 5 nitrogen and oxygen atoms in total. The van der Waals surface area contributed by atoms with E-state index in [1.807, 2.05) is 0 Å². The Kier molecular flexibility index (Phi) is 5.87. The van der Waals surface area contributed by atoms with Crippen LogP contribution in [0.3, 0.4) is 0 Å². The number of aromatic nitrogens is 3. The molecule has 10 aromatic rings. The smallest absolute Gasteiger partial charge is 0.0938 e. The van der Waals surface area contributed by atoms with Crippen molar-refractivity contribution >= 4 is 71.1 Å². The molecule has 7 aromatic carbocycles. The van der Waals surface area contributed by atoms with Gasteiger partial charge in [0.1, 0.15) is 0 Å². The van der Waals surface area contributed by atoms with Crippen molar-refractivity contribution in [1.82, 2.24) is 18.6 Å².